The van der Waals surface area contributed by atoms with E-state index < -0.39 is 0 Å². The SMILES string of the molecule is CC1(C)c2ccccc2-c2cc(N(c3ccc(-c4ccccc4)cc3)c3nccc4c3oc3cc5ccccc5cc34)c(-c3ccccc3)cc21. The van der Waals surface area contributed by atoms with E-state index in [2.05, 4.69) is 183 Å². The quantitative estimate of drug-likeness (QED) is 0.185. The van der Waals surface area contributed by atoms with Crippen LogP contribution in [-0.4, -0.2) is 4.98 Å². The van der Waals surface area contributed by atoms with Crippen LogP contribution in [0.4, 0.5) is 17.2 Å². The summed E-state index contributed by atoms with van der Waals surface area (Å²) in [6.07, 6.45) is 1.92. The van der Waals surface area contributed by atoms with E-state index in [1.807, 2.05) is 6.20 Å². The monoisotopic (exact) mass is 654 g/mol. The van der Waals surface area contributed by atoms with E-state index in [4.69, 9.17) is 9.40 Å². The van der Waals surface area contributed by atoms with Gasteiger partial charge in [0.15, 0.2) is 11.4 Å². The Morgan fingerprint density at radius 3 is 1.92 bits per heavy atom. The number of benzene rings is 7. The van der Waals surface area contributed by atoms with E-state index in [1.54, 1.807) is 0 Å². The van der Waals surface area contributed by atoms with E-state index >= 15 is 0 Å². The first-order chi connectivity index (χ1) is 25.0. The number of furan rings is 1. The van der Waals surface area contributed by atoms with Gasteiger partial charge in [0.2, 0.25) is 0 Å². The molecule has 7 aromatic carbocycles. The molecule has 0 spiro atoms. The van der Waals surface area contributed by atoms with Crippen LogP contribution in [0.1, 0.15) is 25.0 Å². The zero-order valence-corrected chi connectivity index (χ0v) is 28.5. The van der Waals surface area contributed by atoms with Crippen molar-refractivity contribution in [3.8, 4) is 33.4 Å². The van der Waals surface area contributed by atoms with Crippen molar-refractivity contribution in [2.75, 3.05) is 4.90 Å². The lowest BCUT2D eigenvalue weighted by molar-refractivity contribution is 0.660. The summed E-state index contributed by atoms with van der Waals surface area (Å²) in [5.41, 5.74) is 13.4. The molecule has 0 N–H and O–H groups in total. The van der Waals surface area contributed by atoms with Crippen LogP contribution in [0.25, 0.3) is 66.1 Å². The largest absolute Gasteiger partial charge is 0.452 e. The number of anilines is 3. The molecular weight excluding hydrogens is 621 g/mol. The third kappa shape index (κ3) is 4.62. The topological polar surface area (TPSA) is 29.3 Å². The van der Waals surface area contributed by atoms with Crippen molar-refractivity contribution in [1.29, 1.82) is 0 Å². The third-order valence-corrected chi connectivity index (χ3v) is 10.7. The first-order valence-corrected chi connectivity index (χ1v) is 17.5. The molecule has 0 saturated carbocycles. The molecule has 3 nitrogen and oxygen atoms in total. The van der Waals surface area contributed by atoms with Crippen LogP contribution in [0.15, 0.2) is 174 Å². The third-order valence-electron chi connectivity index (χ3n) is 10.7. The molecule has 0 aliphatic heterocycles. The van der Waals surface area contributed by atoms with Crippen molar-refractivity contribution in [3.05, 3.63) is 181 Å². The highest BCUT2D eigenvalue weighted by Gasteiger charge is 2.37. The summed E-state index contributed by atoms with van der Waals surface area (Å²) < 4.78 is 6.83. The number of fused-ring (bicyclic) bond motifs is 7. The Bertz CT molecular complexity index is 2760. The van der Waals surface area contributed by atoms with Gasteiger partial charge >= 0.3 is 0 Å². The van der Waals surface area contributed by atoms with Crippen molar-refractivity contribution < 1.29 is 4.42 Å². The number of nitrogens with zero attached hydrogens (tertiary/aromatic N) is 2. The lowest BCUT2D eigenvalue weighted by atomic mass is 9.81. The van der Waals surface area contributed by atoms with Crippen molar-refractivity contribution in [3.63, 3.8) is 0 Å². The highest BCUT2D eigenvalue weighted by atomic mass is 16.3. The fraction of sp³-hybridized carbons (Fsp3) is 0.0625. The minimum atomic E-state index is -0.144. The molecule has 0 unspecified atom stereocenters. The van der Waals surface area contributed by atoms with Gasteiger partial charge in [-0.05, 0) is 92.2 Å². The van der Waals surface area contributed by atoms with Crippen LogP contribution >= 0.6 is 0 Å². The Kier molecular flexibility index (Phi) is 6.53. The van der Waals surface area contributed by atoms with Crippen molar-refractivity contribution in [1.82, 2.24) is 4.98 Å². The first-order valence-electron chi connectivity index (χ1n) is 17.5. The van der Waals surface area contributed by atoms with Crippen molar-refractivity contribution >= 4 is 49.9 Å². The highest BCUT2D eigenvalue weighted by molar-refractivity contribution is 6.13. The van der Waals surface area contributed by atoms with Gasteiger partial charge in [-0.2, -0.15) is 0 Å². The van der Waals surface area contributed by atoms with E-state index in [0.717, 1.165) is 61.2 Å². The summed E-state index contributed by atoms with van der Waals surface area (Å²) >= 11 is 0. The van der Waals surface area contributed by atoms with E-state index in [1.165, 1.54) is 33.2 Å². The molecular formula is C48H34N2O. The maximum Gasteiger partial charge on any atom is 0.181 e. The average Bonchev–Trinajstić information content (AvgIpc) is 3.66. The number of rotatable bonds is 5. The summed E-state index contributed by atoms with van der Waals surface area (Å²) in [5.74, 6) is 0.753. The summed E-state index contributed by atoms with van der Waals surface area (Å²) in [7, 11) is 0. The predicted octanol–water partition coefficient (Wildman–Crippen LogP) is 13.2. The van der Waals surface area contributed by atoms with E-state index in [0.29, 0.717) is 0 Å². The molecule has 9 aromatic rings. The van der Waals surface area contributed by atoms with Gasteiger partial charge < -0.3 is 4.42 Å². The molecule has 2 aromatic heterocycles. The molecule has 0 bridgehead atoms. The molecule has 10 rings (SSSR count). The molecule has 1 aliphatic rings. The zero-order valence-electron chi connectivity index (χ0n) is 28.5. The van der Waals surface area contributed by atoms with Gasteiger partial charge in [0.25, 0.3) is 0 Å². The van der Waals surface area contributed by atoms with Gasteiger partial charge in [0, 0.05) is 33.6 Å². The van der Waals surface area contributed by atoms with Crippen LogP contribution in [-0.2, 0) is 5.41 Å². The van der Waals surface area contributed by atoms with Gasteiger partial charge in [-0.3, -0.25) is 4.90 Å². The molecule has 1 aliphatic carbocycles. The second kappa shape index (κ2) is 11.3. The molecule has 0 fully saturated rings. The highest BCUT2D eigenvalue weighted by Crippen LogP contribution is 2.54. The smallest absolute Gasteiger partial charge is 0.181 e. The number of aromatic nitrogens is 1. The van der Waals surface area contributed by atoms with Crippen LogP contribution < -0.4 is 4.90 Å². The number of hydrogen-bond donors (Lipinski definition) is 0. The van der Waals surface area contributed by atoms with Crippen LogP contribution in [0.2, 0.25) is 0 Å². The molecule has 0 atom stereocenters. The van der Waals surface area contributed by atoms with Gasteiger partial charge in [-0.15, -0.1) is 0 Å². The summed E-state index contributed by atoms with van der Waals surface area (Å²) in [4.78, 5) is 7.44. The Labute approximate surface area is 297 Å². The number of hydrogen-bond acceptors (Lipinski definition) is 3. The van der Waals surface area contributed by atoms with Gasteiger partial charge in [-0.25, -0.2) is 4.98 Å². The Balaban J connectivity index is 1.28. The second-order valence-corrected chi connectivity index (χ2v) is 14.0. The molecule has 0 amide bonds. The minimum absolute atomic E-state index is 0.144. The molecule has 3 heteroatoms. The van der Waals surface area contributed by atoms with E-state index in [9.17, 15) is 0 Å². The molecule has 51 heavy (non-hydrogen) atoms. The maximum atomic E-state index is 6.83. The molecule has 242 valence electrons. The minimum Gasteiger partial charge on any atom is -0.452 e. The molecule has 0 radical (unpaired) electrons. The van der Waals surface area contributed by atoms with Gasteiger partial charge in [0.1, 0.15) is 5.58 Å². The second-order valence-electron chi connectivity index (χ2n) is 14.0. The Morgan fingerprint density at radius 2 is 1.16 bits per heavy atom. The fourth-order valence-corrected chi connectivity index (χ4v) is 8.11. The lowest BCUT2D eigenvalue weighted by Crippen LogP contribution is -2.17. The zero-order chi connectivity index (χ0) is 34.1. The average molecular weight is 655 g/mol. The lowest BCUT2D eigenvalue weighted by Gasteiger charge is -2.29. The van der Waals surface area contributed by atoms with Crippen LogP contribution in [0.3, 0.4) is 0 Å². The summed E-state index contributed by atoms with van der Waals surface area (Å²) in [6, 6.07) is 58.6. The summed E-state index contributed by atoms with van der Waals surface area (Å²) in [6.45, 7) is 4.68. The molecule has 0 saturated heterocycles. The van der Waals surface area contributed by atoms with Gasteiger partial charge in [-0.1, -0.05) is 135 Å². The molecule has 2 heterocycles. The first kappa shape index (κ1) is 29.5. The maximum absolute atomic E-state index is 6.83. The fourth-order valence-electron chi connectivity index (χ4n) is 8.11. The predicted molar refractivity (Wildman–Crippen MR) is 212 cm³/mol. The normalized spacial score (nSPS) is 13.1. The van der Waals surface area contributed by atoms with E-state index in [-0.39, 0.29) is 5.41 Å². The van der Waals surface area contributed by atoms with Crippen LogP contribution in [0.5, 0.6) is 0 Å². The van der Waals surface area contributed by atoms with Crippen molar-refractivity contribution in [2.24, 2.45) is 0 Å². The standard InChI is InChI=1S/C48H34N2O/c1-48(2)42-20-12-11-19-37(42)40-30-44(39(29-43(40)48)33-15-7-4-8-16-33)50(36-23-21-32(22-24-36)31-13-5-3-6-14-31)47-46-38(25-26-49-47)41-27-34-17-9-10-18-35(34)28-45(41)51-46/h3-30H,1-2H3. The Hall–Kier alpha value is -6.45. The van der Waals surface area contributed by atoms with Crippen molar-refractivity contribution in [2.45, 2.75) is 19.3 Å². The van der Waals surface area contributed by atoms with Crippen LogP contribution in [0, 0.1) is 0 Å². The summed E-state index contributed by atoms with van der Waals surface area (Å²) in [5, 5.41) is 4.46. The number of pyridine rings is 1. The van der Waals surface area contributed by atoms with Gasteiger partial charge in [0.05, 0.1) is 5.69 Å². The Morgan fingerprint density at radius 1 is 0.510 bits per heavy atom.